The van der Waals surface area contributed by atoms with Crippen molar-refractivity contribution in [2.45, 2.75) is 124 Å². The van der Waals surface area contributed by atoms with Crippen LogP contribution in [0.1, 0.15) is 136 Å². The highest BCUT2D eigenvalue weighted by Gasteiger charge is 2.46. The number of carbonyl (C=O) groups is 4. The molecule has 6 heterocycles. The molecular formula is C51H65N9O6. The third kappa shape index (κ3) is 10.3. The molecule has 3 fully saturated rings. The molecule has 15 heteroatoms. The van der Waals surface area contributed by atoms with E-state index in [0.29, 0.717) is 39.0 Å². The molecule has 2 aromatic rings. The van der Waals surface area contributed by atoms with Crippen molar-refractivity contribution in [2.24, 2.45) is 16.8 Å². The van der Waals surface area contributed by atoms with E-state index in [1.165, 1.54) is 45.7 Å². The van der Waals surface area contributed by atoms with Crippen molar-refractivity contribution in [3.8, 4) is 11.4 Å². The van der Waals surface area contributed by atoms with Crippen LogP contribution in [0.5, 0.6) is 0 Å². The number of aliphatic hydroxyl groups is 1. The van der Waals surface area contributed by atoms with Crippen molar-refractivity contribution in [1.82, 2.24) is 34.2 Å². The maximum Gasteiger partial charge on any atom is 0.262 e. The number of benzene rings is 1. The minimum atomic E-state index is -0.889. The van der Waals surface area contributed by atoms with Crippen LogP contribution in [0.2, 0.25) is 0 Å². The van der Waals surface area contributed by atoms with Gasteiger partial charge < -0.3 is 14.6 Å². The number of hydrogen-bond acceptors (Lipinski definition) is 12. The molecule has 6 aliphatic rings. The number of fused-ring (bicyclic) bond motifs is 2. The molecule has 15 nitrogen and oxygen atoms in total. The van der Waals surface area contributed by atoms with E-state index in [-0.39, 0.29) is 30.5 Å². The van der Waals surface area contributed by atoms with Crippen LogP contribution in [0.25, 0.3) is 17.1 Å². The Balaban J connectivity index is 0.000000256. The van der Waals surface area contributed by atoms with Crippen LogP contribution in [0.15, 0.2) is 47.7 Å². The van der Waals surface area contributed by atoms with Gasteiger partial charge in [0.15, 0.2) is 11.8 Å². The van der Waals surface area contributed by atoms with Crippen molar-refractivity contribution in [1.29, 1.82) is 0 Å². The van der Waals surface area contributed by atoms with E-state index in [0.717, 1.165) is 95.9 Å². The predicted molar refractivity (Wildman–Crippen MR) is 252 cm³/mol. The molecule has 0 bridgehead atoms. The summed E-state index contributed by atoms with van der Waals surface area (Å²) in [4.78, 5) is 86.5. The van der Waals surface area contributed by atoms with Crippen molar-refractivity contribution in [3.05, 3.63) is 81.2 Å². The maximum absolute atomic E-state index is 12.4. The van der Waals surface area contributed by atoms with Crippen LogP contribution in [-0.2, 0) is 14.4 Å². The normalized spacial score (nSPS) is 19.4. The van der Waals surface area contributed by atoms with Gasteiger partial charge in [0.05, 0.1) is 34.0 Å². The lowest BCUT2D eigenvalue weighted by molar-refractivity contribution is -0.149. The molecule has 2 saturated heterocycles. The summed E-state index contributed by atoms with van der Waals surface area (Å²) < 4.78 is 1.95. The minimum absolute atomic E-state index is 0.0942. The lowest BCUT2D eigenvalue weighted by Gasteiger charge is -2.37. The largest absolute Gasteiger partial charge is 0.512 e. The summed E-state index contributed by atoms with van der Waals surface area (Å²) >= 11 is 0. The number of aliphatic hydroxyl groups excluding tert-OH is 1. The Kier molecular flexibility index (Phi) is 15.3. The van der Waals surface area contributed by atoms with Gasteiger partial charge in [0, 0.05) is 64.0 Å². The van der Waals surface area contributed by atoms with Gasteiger partial charge in [-0.05, 0) is 94.5 Å². The SMILES string of the molecule is CCCCC(CCC(C)C)CN1CCN(c2ccc(N=c3ncc4c(C)/c(=C(/C)O)c(=C=O)n(C5CCCC5)c-4n3)nc2)CC1.Cc1ccc2c(c1)C(=O)N(C1CCC(=O)N(C)C1=O)C2=O. The fourth-order valence-corrected chi connectivity index (χ4v) is 9.94. The van der Waals surface area contributed by atoms with Crippen molar-refractivity contribution < 1.29 is 29.1 Å². The Morgan fingerprint density at radius 1 is 0.894 bits per heavy atom. The Hall–Kier alpha value is -6.05. The monoisotopic (exact) mass is 900 g/mol. The number of pyridine rings is 2. The zero-order valence-electron chi connectivity index (χ0n) is 39.7. The average molecular weight is 900 g/mol. The van der Waals surface area contributed by atoms with Gasteiger partial charge >= 0.3 is 0 Å². The van der Waals surface area contributed by atoms with Crippen LogP contribution < -0.4 is 21.1 Å². The number of piperidine rings is 1. The number of amides is 4. The summed E-state index contributed by atoms with van der Waals surface area (Å²) in [5, 5.41) is 11.3. The molecular weight excluding hydrogens is 835 g/mol. The second-order valence-corrected chi connectivity index (χ2v) is 18.9. The number of unbranched alkanes of at least 4 members (excludes halogenated alkanes) is 1. The van der Waals surface area contributed by atoms with Gasteiger partial charge in [-0.1, -0.05) is 64.5 Å². The van der Waals surface area contributed by atoms with Gasteiger partial charge in [-0.3, -0.25) is 33.9 Å². The second-order valence-electron chi connectivity index (χ2n) is 18.9. The number of imide groups is 2. The number of hydrogen-bond donors (Lipinski definition) is 1. The Morgan fingerprint density at radius 2 is 1.62 bits per heavy atom. The fraction of sp³-hybridized carbons (Fsp3) is 0.529. The molecule has 1 saturated carbocycles. The molecule has 5 aliphatic heterocycles. The summed E-state index contributed by atoms with van der Waals surface area (Å²) in [5.74, 6) is 3.26. The predicted octanol–water partition coefficient (Wildman–Crippen LogP) is 5.73. The van der Waals surface area contributed by atoms with Gasteiger partial charge in [-0.25, -0.2) is 14.8 Å². The molecule has 0 spiro atoms. The lowest BCUT2D eigenvalue weighted by Crippen LogP contribution is -2.54. The van der Waals surface area contributed by atoms with Gasteiger partial charge in [-0.15, -0.1) is 0 Å². The summed E-state index contributed by atoms with van der Waals surface area (Å²) in [6.07, 6.45) is 14.7. The topological polar surface area (TPSA) is 174 Å². The van der Waals surface area contributed by atoms with Crippen LogP contribution in [0, 0.1) is 25.7 Å². The zero-order valence-corrected chi connectivity index (χ0v) is 39.7. The standard InChI is InChI=1S/C36H51N7O2.C15H14N2O4/c1-6-7-10-28(14-13-25(2)3)23-41-17-19-42(20-18-41)30-15-16-33(37-21-30)39-36-38-22-31-26(4)34(27(5)45)32(24-44)43(35(31)40-36)29-11-8-9-12-29;1-8-3-4-9-10(7-8)14(20)17(13(9)19)11-5-6-12(18)16(2)15(11)21/h15-16,21-22,25,28-29,45H,6-14,17-20,23H2,1-5H3;3-4,7,11H,5-6H2,1-2H3/b34-27+,39-36?;. The van der Waals surface area contributed by atoms with Crippen molar-refractivity contribution in [3.63, 3.8) is 0 Å². The molecule has 8 rings (SSSR count). The number of aryl methyl sites for hydroxylation is 1. The number of likely N-dealkylation sites (tertiary alicyclic amines) is 1. The van der Waals surface area contributed by atoms with Gasteiger partial charge in [0.25, 0.3) is 23.3 Å². The number of rotatable bonds is 12. The first-order valence-electron chi connectivity index (χ1n) is 23.8. The van der Waals surface area contributed by atoms with Crippen LogP contribution in [0.3, 0.4) is 0 Å². The third-order valence-corrected chi connectivity index (χ3v) is 13.7. The lowest BCUT2D eigenvalue weighted by atomic mass is 9.92. The first kappa shape index (κ1) is 47.9. The van der Waals surface area contributed by atoms with E-state index in [1.807, 2.05) is 30.7 Å². The molecule has 0 radical (unpaired) electrons. The van der Waals surface area contributed by atoms with Gasteiger partial charge in [-0.2, -0.15) is 9.98 Å². The number of nitrogens with zero attached hydrogens (tertiary/aromatic N) is 9. The Morgan fingerprint density at radius 3 is 2.27 bits per heavy atom. The third-order valence-electron chi connectivity index (χ3n) is 13.7. The molecule has 1 aliphatic carbocycles. The summed E-state index contributed by atoms with van der Waals surface area (Å²) in [6, 6.07) is 8.25. The molecule has 350 valence electrons. The molecule has 1 aromatic heterocycles. The van der Waals surface area contributed by atoms with Gasteiger partial charge in [0.1, 0.15) is 17.2 Å². The van der Waals surface area contributed by atoms with Crippen LogP contribution in [0.4, 0.5) is 11.5 Å². The molecule has 66 heavy (non-hydrogen) atoms. The number of aromatic nitrogens is 4. The van der Waals surface area contributed by atoms with E-state index < -0.39 is 23.8 Å². The molecule has 1 N–H and O–H groups in total. The average Bonchev–Trinajstić information content (AvgIpc) is 3.92. The fourth-order valence-electron chi connectivity index (χ4n) is 9.94. The summed E-state index contributed by atoms with van der Waals surface area (Å²) in [7, 11) is 1.37. The number of likely N-dealkylation sites (N-methyl/N-ethyl adjacent to an activating group) is 1. The molecule has 1 aromatic carbocycles. The smallest absolute Gasteiger partial charge is 0.262 e. The maximum atomic E-state index is 12.4. The second kappa shape index (κ2) is 21.1. The first-order valence-corrected chi connectivity index (χ1v) is 23.8. The highest BCUT2D eigenvalue weighted by molar-refractivity contribution is 6.23. The Labute approximate surface area is 387 Å². The molecule has 2 unspecified atom stereocenters. The Bertz CT molecular complexity index is 2640. The van der Waals surface area contributed by atoms with E-state index in [1.54, 1.807) is 31.3 Å². The summed E-state index contributed by atoms with van der Waals surface area (Å²) in [5.41, 5.74) is 4.48. The zero-order chi connectivity index (χ0) is 47.2. The van der Waals surface area contributed by atoms with Crippen LogP contribution in [-0.4, -0.2) is 115 Å². The number of carbonyl (C=O) groups excluding carboxylic acids is 5. The first-order chi connectivity index (χ1) is 31.7. The van der Waals surface area contributed by atoms with Crippen molar-refractivity contribution >= 4 is 46.8 Å². The van der Waals surface area contributed by atoms with E-state index >= 15 is 0 Å². The molecule has 4 amide bonds. The molecule has 2 atom stereocenters. The van der Waals surface area contributed by atoms with Crippen molar-refractivity contribution in [2.75, 3.05) is 44.7 Å². The highest BCUT2D eigenvalue weighted by atomic mass is 16.3. The van der Waals surface area contributed by atoms with E-state index in [2.05, 4.69) is 57.5 Å². The summed E-state index contributed by atoms with van der Waals surface area (Å²) in [6.45, 7) is 17.7. The van der Waals surface area contributed by atoms with Gasteiger partial charge in [0.2, 0.25) is 5.91 Å². The quantitative estimate of drug-likeness (QED) is 0.172. The highest BCUT2D eigenvalue weighted by Crippen LogP contribution is 2.33. The number of anilines is 1. The number of piperazine rings is 1. The minimum Gasteiger partial charge on any atom is -0.512 e. The van der Waals surface area contributed by atoms with Crippen LogP contribution >= 0.6 is 0 Å². The van der Waals surface area contributed by atoms with E-state index in [4.69, 9.17) is 4.98 Å². The van der Waals surface area contributed by atoms with E-state index in [9.17, 15) is 29.1 Å².